The number of hydrogen-bond acceptors (Lipinski definition) is 9. The van der Waals surface area contributed by atoms with Gasteiger partial charge in [-0.15, -0.1) is 10.2 Å². The first-order valence-corrected chi connectivity index (χ1v) is 22.7. The SMILES string of the molecule is CCCC(NC(=O)[C@@H]1[C@H]2CCC[C@H]2CN1C(=O)[C@@H](CC(=O)[C@@H](NC(=O)CCCCc1nnn(C(C)(C)c2ccccc2)n1)C(C)C)C(C)C)C(=O)C(=O)N[C@@H](C)c1ccccc1. The normalized spacial score (nSPS) is 19.4. The molecule has 2 heterocycles. The van der Waals surface area contributed by atoms with Gasteiger partial charge in [0.2, 0.25) is 23.5 Å². The standard InChI is InChI=1S/C48H68N8O6/c1-9-19-38(44(59)46(61)49-32(6)33-20-12-10-13-21-33)50-45(60)43-36-25-18-22-34(36)29-55(43)47(62)37(30(2)3)28-39(57)42(31(4)5)51-41(58)27-17-16-26-40-52-54-56(53-40)48(7,8)35-23-14-11-15-24-35/h10-15,20-21,23-24,30-32,34,36-38,42-43H,9,16-19,22,25-29H2,1-8H3,(H,49,61)(H,50,60)(H,51,58)/t32-,34-,36-,37-,38?,42-,43-/m0/s1. The van der Waals surface area contributed by atoms with Crippen LogP contribution in [0.2, 0.25) is 0 Å². The highest BCUT2D eigenvalue weighted by Gasteiger charge is 2.51. The smallest absolute Gasteiger partial charge is 0.290 e. The lowest BCUT2D eigenvalue weighted by atomic mass is 9.85. The van der Waals surface area contributed by atoms with Crippen molar-refractivity contribution in [3.63, 3.8) is 0 Å². The van der Waals surface area contributed by atoms with Crippen LogP contribution in [-0.4, -0.2) is 85.0 Å². The molecule has 3 N–H and O–H groups in total. The Morgan fingerprint density at radius 1 is 0.839 bits per heavy atom. The number of carbonyl (C=O) groups excluding carboxylic acids is 6. The van der Waals surface area contributed by atoms with Crippen molar-refractivity contribution in [2.24, 2.45) is 29.6 Å². The molecule has 1 aromatic heterocycles. The van der Waals surface area contributed by atoms with Crippen LogP contribution in [0.4, 0.5) is 0 Å². The van der Waals surface area contributed by atoms with E-state index in [9.17, 15) is 28.8 Å². The molecule has 7 atom stereocenters. The molecule has 2 aromatic carbocycles. The Morgan fingerprint density at radius 3 is 2.16 bits per heavy atom. The first kappa shape index (κ1) is 47.8. The van der Waals surface area contributed by atoms with E-state index >= 15 is 0 Å². The Bertz CT molecular complexity index is 2000. The van der Waals surface area contributed by atoms with Gasteiger partial charge in [0.1, 0.15) is 11.6 Å². The van der Waals surface area contributed by atoms with Crippen LogP contribution in [0.3, 0.4) is 0 Å². The monoisotopic (exact) mass is 853 g/mol. The number of ketones is 2. The molecule has 1 aliphatic carbocycles. The van der Waals surface area contributed by atoms with Gasteiger partial charge in [0, 0.05) is 31.7 Å². The van der Waals surface area contributed by atoms with Crippen molar-refractivity contribution in [2.45, 2.75) is 149 Å². The minimum Gasteiger partial charge on any atom is -0.346 e. The van der Waals surface area contributed by atoms with Gasteiger partial charge in [-0.2, -0.15) is 4.80 Å². The minimum absolute atomic E-state index is 0.0849. The number of amides is 4. The third-order valence-electron chi connectivity index (χ3n) is 12.9. The highest BCUT2D eigenvalue weighted by molar-refractivity contribution is 6.38. The zero-order chi connectivity index (χ0) is 45.1. The number of hydrogen-bond donors (Lipinski definition) is 3. The van der Waals surface area contributed by atoms with Crippen molar-refractivity contribution in [2.75, 3.05) is 6.54 Å². The zero-order valence-electron chi connectivity index (χ0n) is 37.9. The van der Waals surface area contributed by atoms with Gasteiger partial charge in [-0.1, -0.05) is 108 Å². The molecule has 0 bridgehead atoms. The molecule has 62 heavy (non-hydrogen) atoms. The highest BCUT2D eigenvalue weighted by Crippen LogP contribution is 2.43. The number of benzene rings is 2. The summed E-state index contributed by atoms with van der Waals surface area (Å²) >= 11 is 0. The van der Waals surface area contributed by atoms with Gasteiger partial charge < -0.3 is 20.9 Å². The molecule has 1 unspecified atom stereocenters. The summed E-state index contributed by atoms with van der Waals surface area (Å²) in [6.45, 7) is 15.7. The summed E-state index contributed by atoms with van der Waals surface area (Å²) in [6, 6.07) is 16.2. The summed E-state index contributed by atoms with van der Waals surface area (Å²) < 4.78 is 0. The third kappa shape index (κ3) is 11.8. The molecule has 2 aliphatic rings. The van der Waals surface area contributed by atoms with Crippen LogP contribution in [0, 0.1) is 29.6 Å². The molecule has 14 heteroatoms. The van der Waals surface area contributed by atoms with Crippen molar-refractivity contribution < 1.29 is 28.8 Å². The Labute approximate surface area is 367 Å². The maximum absolute atomic E-state index is 14.6. The lowest BCUT2D eigenvalue weighted by Gasteiger charge is -2.33. The van der Waals surface area contributed by atoms with E-state index in [1.807, 2.05) is 109 Å². The van der Waals surface area contributed by atoms with E-state index < -0.39 is 53.2 Å². The number of aromatic nitrogens is 4. The van der Waals surface area contributed by atoms with Crippen LogP contribution in [0.25, 0.3) is 0 Å². The summed E-state index contributed by atoms with van der Waals surface area (Å²) in [4.78, 5) is 86.0. The van der Waals surface area contributed by atoms with E-state index in [0.717, 1.165) is 30.4 Å². The maximum Gasteiger partial charge on any atom is 0.290 e. The number of unbranched alkanes of at least 4 members (excludes halogenated alkanes) is 1. The van der Waals surface area contributed by atoms with Crippen LogP contribution < -0.4 is 16.0 Å². The van der Waals surface area contributed by atoms with Crippen molar-refractivity contribution in [1.82, 2.24) is 41.1 Å². The van der Waals surface area contributed by atoms with E-state index in [0.29, 0.717) is 38.1 Å². The summed E-state index contributed by atoms with van der Waals surface area (Å²) in [6.07, 6.45) is 5.32. The highest BCUT2D eigenvalue weighted by atomic mass is 16.2. The molecular formula is C48H68N8O6. The van der Waals surface area contributed by atoms with Crippen molar-refractivity contribution >= 4 is 35.2 Å². The number of nitrogens with one attached hydrogen (secondary N) is 3. The molecule has 0 spiro atoms. The van der Waals surface area contributed by atoms with Crippen LogP contribution in [0.1, 0.15) is 136 Å². The first-order valence-electron chi connectivity index (χ1n) is 22.7. The molecule has 4 amide bonds. The number of tetrazole rings is 1. The quantitative estimate of drug-likeness (QED) is 0.0818. The van der Waals surface area contributed by atoms with Gasteiger partial charge in [0.15, 0.2) is 11.6 Å². The van der Waals surface area contributed by atoms with Crippen molar-refractivity contribution in [3.05, 3.63) is 77.6 Å². The number of likely N-dealkylation sites (tertiary alicyclic amines) is 1. The fourth-order valence-electron chi connectivity index (χ4n) is 9.07. The Balaban J connectivity index is 1.18. The topological polar surface area (TPSA) is 185 Å². The van der Waals surface area contributed by atoms with Crippen LogP contribution in [0.5, 0.6) is 0 Å². The Hall–Kier alpha value is -5.27. The predicted octanol–water partition coefficient (Wildman–Crippen LogP) is 5.90. The first-order chi connectivity index (χ1) is 29.5. The second kappa shape index (κ2) is 21.7. The summed E-state index contributed by atoms with van der Waals surface area (Å²) in [5.41, 5.74) is 1.44. The number of Topliss-reactive ketones (excluding diaryl/α,β-unsaturated/α-hetero) is 2. The molecule has 3 aromatic rings. The molecule has 5 rings (SSSR count). The maximum atomic E-state index is 14.6. The molecular weight excluding hydrogens is 785 g/mol. The van der Waals surface area contributed by atoms with E-state index in [1.165, 1.54) is 0 Å². The zero-order valence-corrected chi connectivity index (χ0v) is 37.9. The number of rotatable bonds is 22. The number of carbonyl (C=O) groups is 6. The van der Waals surface area contributed by atoms with Gasteiger partial charge in [-0.05, 0) is 92.9 Å². The number of nitrogens with zero attached hydrogens (tertiary/aromatic N) is 5. The summed E-state index contributed by atoms with van der Waals surface area (Å²) in [7, 11) is 0. The molecule has 1 saturated heterocycles. The average molecular weight is 853 g/mol. The van der Waals surface area contributed by atoms with Gasteiger partial charge in [-0.3, -0.25) is 28.8 Å². The molecule has 1 aliphatic heterocycles. The van der Waals surface area contributed by atoms with Crippen LogP contribution in [0.15, 0.2) is 60.7 Å². The molecule has 0 radical (unpaired) electrons. The molecule has 336 valence electrons. The van der Waals surface area contributed by atoms with Gasteiger partial charge in [0.25, 0.3) is 5.91 Å². The lowest BCUT2D eigenvalue weighted by Crippen LogP contribution is -2.56. The molecule has 1 saturated carbocycles. The second-order valence-corrected chi connectivity index (χ2v) is 18.5. The summed E-state index contributed by atoms with van der Waals surface area (Å²) in [5.74, 6) is -3.21. The summed E-state index contributed by atoms with van der Waals surface area (Å²) in [5, 5.41) is 21.7. The number of fused-ring (bicyclic) bond motifs is 1. The van der Waals surface area contributed by atoms with Crippen molar-refractivity contribution in [3.8, 4) is 0 Å². The minimum atomic E-state index is -1.05. The van der Waals surface area contributed by atoms with Gasteiger partial charge >= 0.3 is 0 Å². The van der Waals surface area contributed by atoms with Crippen LogP contribution in [-0.2, 0) is 40.7 Å². The largest absolute Gasteiger partial charge is 0.346 e. The van der Waals surface area contributed by atoms with E-state index in [-0.39, 0.29) is 60.5 Å². The number of aryl methyl sites for hydroxylation is 1. The Kier molecular flexibility index (Phi) is 16.7. The fraction of sp³-hybridized carbons (Fsp3) is 0.604. The van der Waals surface area contributed by atoms with Gasteiger partial charge in [0.05, 0.1) is 18.1 Å². The lowest BCUT2D eigenvalue weighted by molar-refractivity contribution is -0.146. The molecule has 14 nitrogen and oxygen atoms in total. The molecule has 2 fully saturated rings. The second-order valence-electron chi connectivity index (χ2n) is 18.5. The fourth-order valence-corrected chi connectivity index (χ4v) is 9.07. The van der Waals surface area contributed by atoms with E-state index in [2.05, 4.69) is 31.4 Å². The van der Waals surface area contributed by atoms with E-state index in [1.54, 1.807) is 16.6 Å². The average Bonchev–Trinajstić information content (AvgIpc) is 4.01. The van der Waals surface area contributed by atoms with Gasteiger partial charge in [-0.25, -0.2) is 0 Å². The predicted molar refractivity (Wildman–Crippen MR) is 236 cm³/mol. The Morgan fingerprint density at radius 2 is 1.52 bits per heavy atom. The third-order valence-corrected chi connectivity index (χ3v) is 12.9. The van der Waals surface area contributed by atoms with Crippen molar-refractivity contribution in [1.29, 1.82) is 0 Å². The van der Waals surface area contributed by atoms with E-state index in [4.69, 9.17) is 0 Å². The van der Waals surface area contributed by atoms with Crippen LogP contribution >= 0.6 is 0 Å².